The molecule has 3 rings (SSSR count). The maximum Gasteiger partial charge on any atom is 0.232 e. The van der Waals surface area contributed by atoms with Crippen LogP contribution < -0.4 is 0 Å². The van der Waals surface area contributed by atoms with Crippen molar-refractivity contribution in [2.24, 2.45) is 4.99 Å². The number of nitrogens with zero attached hydrogens (tertiary/aromatic N) is 1. The number of aliphatic hydroxyl groups is 1. The molecule has 0 spiro atoms. The lowest BCUT2D eigenvalue weighted by Gasteiger charge is -2.34. The van der Waals surface area contributed by atoms with Crippen LogP contribution in [0.2, 0.25) is 0 Å². The lowest BCUT2D eigenvalue weighted by molar-refractivity contribution is -0.168. The quantitative estimate of drug-likeness (QED) is 0.908. The molecule has 0 amide bonds. The van der Waals surface area contributed by atoms with Crippen molar-refractivity contribution in [1.82, 2.24) is 0 Å². The third-order valence-corrected chi connectivity index (χ3v) is 3.64. The Morgan fingerprint density at radius 1 is 1.05 bits per heavy atom. The minimum atomic E-state index is -1.41. The molecule has 2 aromatic carbocycles. The Hall–Kier alpha value is -1.97. The molecule has 2 atom stereocenters. The molecule has 1 N–H and O–H groups in total. The Bertz CT molecular complexity index is 609. The molecule has 3 nitrogen and oxygen atoms in total. The van der Waals surface area contributed by atoms with E-state index in [1.165, 1.54) is 0 Å². The van der Waals surface area contributed by atoms with Gasteiger partial charge in [0, 0.05) is 5.56 Å². The van der Waals surface area contributed by atoms with Crippen LogP contribution in [0.1, 0.15) is 24.1 Å². The normalized spacial score (nSPS) is 26.1. The monoisotopic (exact) mass is 267 g/mol. The summed E-state index contributed by atoms with van der Waals surface area (Å²) in [6.07, 6.45) is 0. The van der Waals surface area contributed by atoms with Crippen LogP contribution in [0.3, 0.4) is 0 Å². The third-order valence-electron chi connectivity index (χ3n) is 3.64. The van der Waals surface area contributed by atoms with Gasteiger partial charge in [0.2, 0.25) is 5.79 Å². The van der Waals surface area contributed by atoms with Gasteiger partial charge in [0.15, 0.2) is 0 Å². The average molecular weight is 267 g/mol. The van der Waals surface area contributed by atoms with E-state index in [2.05, 4.69) is 4.99 Å². The molecule has 3 heteroatoms. The number of hydrogen-bond donors (Lipinski definition) is 1. The molecule has 20 heavy (non-hydrogen) atoms. The van der Waals surface area contributed by atoms with Gasteiger partial charge in [0.25, 0.3) is 0 Å². The van der Waals surface area contributed by atoms with Gasteiger partial charge in [0.05, 0.1) is 18.4 Å². The van der Waals surface area contributed by atoms with Crippen molar-refractivity contribution in [3.8, 4) is 0 Å². The summed E-state index contributed by atoms with van der Waals surface area (Å²) in [5.41, 5.74) is 2.40. The minimum Gasteiger partial charge on any atom is -0.357 e. The smallest absolute Gasteiger partial charge is 0.232 e. The van der Waals surface area contributed by atoms with E-state index in [1.54, 1.807) is 0 Å². The summed E-state index contributed by atoms with van der Waals surface area (Å²) >= 11 is 0. The molecule has 0 radical (unpaired) electrons. The van der Waals surface area contributed by atoms with E-state index in [4.69, 9.17) is 4.74 Å². The van der Waals surface area contributed by atoms with E-state index in [0.29, 0.717) is 17.9 Å². The Kier molecular flexibility index (Phi) is 3.38. The molecule has 0 bridgehead atoms. The molecule has 0 aliphatic carbocycles. The second kappa shape index (κ2) is 5.19. The fourth-order valence-corrected chi connectivity index (χ4v) is 2.46. The van der Waals surface area contributed by atoms with Gasteiger partial charge in [-0.25, -0.2) is 0 Å². The molecular formula is C17H17NO2. The van der Waals surface area contributed by atoms with Crippen LogP contribution in [-0.2, 0) is 10.5 Å². The molecule has 0 saturated heterocycles. The van der Waals surface area contributed by atoms with Crippen molar-refractivity contribution < 1.29 is 9.84 Å². The molecule has 0 saturated carbocycles. The zero-order valence-electron chi connectivity index (χ0n) is 11.4. The molecular weight excluding hydrogens is 250 g/mol. The second-order valence-corrected chi connectivity index (χ2v) is 4.96. The van der Waals surface area contributed by atoms with Crippen molar-refractivity contribution in [1.29, 1.82) is 0 Å². The Morgan fingerprint density at radius 2 is 1.65 bits per heavy atom. The van der Waals surface area contributed by atoms with Gasteiger partial charge in [-0.15, -0.1) is 0 Å². The van der Waals surface area contributed by atoms with Gasteiger partial charge >= 0.3 is 0 Å². The van der Waals surface area contributed by atoms with Crippen molar-refractivity contribution >= 4 is 5.71 Å². The lowest BCUT2D eigenvalue weighted by atomic mass is 9.98. The highest BCUT2D eigenvalue weighted by Crippen LogP contribution is 2.33. The molecule has 102 valence electrons. The maximum absolute atomic E-state index is 10.7. The molecule has 2 aromatic rings. The fourth-order valence-electron chi connectivity index (χ4n) is 2.46. The number of rotatable bonds is 2. The molecule has 0 aromatic heterocycles. The highest BCUT2D eigenvalue weighted by Gasteiger charge is 2.38. The minimum absolute atomic E-state index is 0.0554. The zero-order chi connectivity index (χ0) is 14.0. The first kappa shape index (κ1) is 13.0. The second-order valence-electron chi connectivity index (χ2n) is 4.96. The van der Waals surface area contributed by atoms with Gasteiger partial charge in [0.1, 0.15) is 0 Å². The SMILES string of the molecule is CC1=N[C@@H](c2ccccc2)CO[C@]1(O)c1ccccc1. The summed E-state index contributed by atoms with van der Waals surface area (Å²) in [6, 6.07) is 19.3. The van der Waals surface area contributed by atoms with Gasteiger partial charge in [-0.3, -0.25) is 4.99 Å². The number of hydrogen-bond acceptors (Lipinski definition) is 3. The summed E-state index contributed by atoms with van der Waals surface area (Å²) in [5.74, 6) is -1.41. The first-order chi connectivity index (χ1) is 9.70. The number of benzene rings is 2. The first-order valence-corrected chi connectivity index (χ1v) is 6.72. The molecule has 0 fully saturated rings. The predicted molar refractivity (Wildman–Crippen MR) is 78.6 cm³/mol. The van der Waals surface area contributed by atoms with E-state index in [9.17, 15) is 5.11 Å². The predicted octanol–water partition coefficient (Wildman–Crippen LogP) is 3.06. The number of ether oxygens (including phenoxy) is 1. The fraction of sp³-hybridized carbons (Fsp3) is 0.235. The van der Waals surface area contributed by atoms with Crippen LogP contribution in [0.15, 0.2) is 65.7 Å². The van der Waals surface area contributed by atoms with E-state index >= 15 is 0 Å². The Morgan fingerprint density at radius 3 is 2.25 bits per heavy atom. The molecule has 1 aliphatic heterocycles. The van der Waals surface area contributed by atoms with E-state index < -0.39 is 5.79 Å². The van der Waals surface area contributed by atoms with Crippen LogP contribution in [0.4, 0.5) is 0 Å². The Balaban J connectivity index is 1.93. The largest absolute Gasteiger partial charge is 0.357 e. The van der Waals surface area contributed by atoms with Gasteiger partial charge in [-0.2, -0.15) is 0 Å². The van der Waals surface area contributed by atoms with Gasteiger partial charge in [-0.05, 0) is 12.5 Å². The van der Waals surface area contributed by atoms with Crippen LogP contribution in [0.25, 0.3) is 0 Å². The summed E-state index contributed by atoms with van der Waals surface area (Å²) in [5, 5.41) is 10.7. The zero-order valence-corrected chi connectivity index (χ0v) is 11.4. The van der Waals surface area contributed by atoms with Crippen molar-refractivity contribution in [3.05, 3.63) is 71.8 Å². The van der Waals surface area contributed by atoms with Crippen molar-refractivity contribution in [3.63, 3.8) is 0 Å². The third kappa shape index (κ3) is 2.26. The van der Waals surface area contributed by atoms with Crippen molar-refractivity contribution in [2.45, 2.75) is 18.8 Å². The topological polar surface area (TPSA) is 41.8 Å². The summed E-state index contributed by atoms with van der Waals surface area (Å²) in [4.78, 5) is 4.62. The summed E-state index contributed by atoms with van der Waals surface area (Å²) < 4.78 is 5.76. The van der Waals surface area contributed by atoms with Crippen LogP contribution >= 0.6 is 0 Å². The standard InChI is InChI=1S/C17H17NO2/c1-13-17(19,15-10-6-3-7-11-15)20-12-16(18-13)14-8-4-2-5-9-14/h2-11,16,19H,12H2,1H3/t16-,17+/m1/s1. The highest BCUT2D eigenvalue weighted by atomic mass is 16.6. The lowest BCUT2D eigenvalue weighted by Crippen LogP contribution is -2.41. The highest BCUT2D eigenvalue weighted by molar-refractivity contribution is 5.90. The molecule has 1 heterocycles. The number of aliphatic imine (C=N–C) groups is 1. The van der Waals surface area contributed by atoms with Crippen LogP contribution in [-0.4, -0.2) is 17.4 Å². The van der Waals surface area contributed by atoms with Gasteiger partial charge < -0.3 is 9.84 Å². The summed E-state index contributed by atoms with van der Waals surface area (Å²) in [6.45, 7) is 2.18. The van der Waals surface area contributed by atoms with E-state index in [1.807, 2.05) is 67.6 Å². The van der Waals surface area contributed by atoms with E-state index in [0.717, 1.165) is 5.56 Å². The Labute approximate surface area is 118 Å². The summed E-state index contributed by atoms with van der Waals surface area (Å²) in [7, 11) is 0. The van der Waals surface area contributed by atoms with Crippen LogP contribution in [0, 0.1) is 0 Å². The van der Waals surface area contributed by atoms with Crippen molar-refractivity contribution in [2.75, 3.05) is 6.61 Å². The van der Waals surface area contributed by atoms with Gasteiger partial charge in [-0.1, -0.05) is 60.7 Å². The maximum atomic E-state index is 10.7. The van der Waals surface area contributed by atoms with E-state index in [-0.39, 0.29) is 6.04 Å². The first-order valence-electron chi connectivity index (χ1n) is 6.72. The molecule has 0 unspecified atom stereocenters. The average Bonchev–Trinajstić information content (AvgIpc) is 2.52. The molecule has 1 aliphatic rings. The van der Waals surface area contributed by atoms with Crippen LogP contribution in [0.5, 0.6) is 0 Å².